The molecule has 7 nitrogen and oxygen atoms in total. The molecule has 3 aromatic rings. The van der Waals surface area contributed by atoms with Gasteiger partial charge in [-0.3, -0.25) is 20.4 Å². The summed E-state index contributed by atoms with van der Waals surface area (Å²) in [6, 6.07) is 11.7. The summed E-state index contributed by atoms with van der Waals surface area (Å²) < 4.78 is 38.8. The second-order valence-corrected chi connectivity index (χ2v) is 8.27. The third-order valence-electron chi connectivity index (χ3n) is 3.89. The predicted octanol–water partition coefficient (Wildman–Crippen LogP) is 3.79. The number of aromatic nitrogens is 3. The van der Waals surface area contributed by atoms with Crippen LogP contribution in [-0.4, -0.2) is 32.1 Å². The molecule has 1 heterocycles. The van der Waals surface area contributed by atoms with Crippen LogP contribution >= 0.6 is 23.5 Å². The molecule has 3 rings (SSSR count). The molecular weight excluding hydrogens is 451 g/mol. The van der Waals surface area contributed by atoms with Gasteiger partial charge in [-0.05, 0) is 53.7 Å². The highest BCUT2D eigenvalue weighted by Gasteiger charge is 2.29. The molecule has 31 heavy (non-hydrogen) atoms. The molecule has 12 heteroatoms. The Labute approximate surface area is 183 Å². The van der Waals surface area contributed by atoms with E-state index in [0.29, 0.717) is 11.3 Å². The number of aryl methyl sites for hydroxylation is 1. The Hall–Kier alpha value is -2.99. The second kappa shape index (κ2) is 9.88. The number of alkyl halides is 3. The highest BCUT2D eigenvalue weighted by atomic mass is 32.2. The second-order valence-electron chi connectivity index (χ2n) is 6.19. The quantitative estimate of drug-likeness (QED) is 0.424. The molecule has 0 saturated carbocycles. The zero-order chi connectivity index (χ0) is 22.4. The number of rotatable bonds is 6. The number of hydrazine groups is 1. The topological polar surface area (TPSA) is 88.9 Å². The lowest BCUT2D eigenvalue weighted by molar-refractivity contribution is -0.0328. The van der Waals surface area contributed by atoms with Crippen LogP contribution in [0.4, 0.5) is 13.2 Å². The van der Waals surface area contributed by atoms with Crippen molar-refractivity contribution < 1.29 is 22.8 Å². The first-order valence-electron chi connectivity index (χ1n) is 8.73. The maximum Gasteiger partial charge on any atom is 0.446 e. The van der Waals surface area contributed by atoms with Crippen LogP contribution in [0.15, 0.2) is 64.9 Å². The van der Waals surface area contributed by atoms with E-state index in [1.165, 1.54) is 36.0 Å². The van der Waals surface area contributed by atoms with Crippen LogP contribution in [0, 0.1) is 0 Å². The summed E-state index contributed by atoms with van der Waals surface area (Å²) in [5.41, 5.74) is 1.55. The molecule has 2 aromatic carbocycles. The van der Waals surface area contributed by atoms with Crippen LogP contribution in [0.3, 0.4) is 0 Å². The third-order valence-corrected chi connectivity index (χ3v) is 5.74. The van der Waals surface area contributed by atoms with Crippen molar-refractivity contribution >= 4 is 35.3 Å². The van der Waals surface area contributed by atoms with Crippen LogP contribution in [0.2, 0.25) is 0 Å². The van der Waals surface area contributed by atoms with Gasteiger partial charge in [0.25, 0.3) is 11.8 Å². The van der Waals surface area contributed by atoms with E-state index < -0.39 is 17.3 Å². The Balaban J connectivity index is 1.49. The lowest BCUT2D eigenvalue weighted by Crippen LogP contribution is -2.41. The van der Waals surface area contributed by atoms with E-state index in [1.54, 1.807) is 35.2 Å². The molecule has 162 valence electrons. The molecule has 0 spiro atoms. The van der Waals surface area contributed by atoms with E-state index >= 15 is 0 Å². The normalized spacial score (nSPS) is 11.2. The van der Waals surface area contributed by atoms with E-state index in [4.69, 9.17) is 0 Å². The van der Waals surface area contributed by atoms with Crippen LogP contribution in [-0.2, 0) is 12.8 Å². The highest BCUT2D eigenvalue weighted by molar-refractivity contribution is 8.00. The van der Waals surface area contributed by atoms with Crippen LogP contribution in [0.1, 0.15) is 26.3 Å². The first-order chi connectivity index (χ1) is 14.7. The number of amides is 2. The highest BCUT2D eigenvalue weighted by Crippen LogP contribution is 2.36. The van der Waals surface area contributed by atoms with Crippen molar-refractivity contribution in [2.45, 2.75) is 21.3 Å². The zero-order valence-corrected chi connectivity index (χ0v) is 17.6. The molecule has 0 aliphatic carbocycles. The number of thioether (sulfide) groups is 2. The first-order valence-corrected chi connectivity index (χ1v) is 10.5. The fraction of sp³-hybridized carbons (Fsp3) is 0.158. The number of nitrogens with zero attached hydrogens (tertiary/aromatic N) is 3. The van der Waals surface area contributed by atoms with E-state index in [2.05, 4.69) is 21.0 Å². The van der Waals surface area contributed by atoms with Gasteiger partial charge >= 0.3 is 5.51 Å². The molecule has 0 radical (unpaired) electrons. The van der Waals surface area contributed by atoms with Gasteiger partial charge in [-0.1, -0.05) is 23.9 Å². The summed E-state index contributed by atoms with van der Waals surface area (Å²) in [4.78, 5) is 24.3. The first kappa shape index (κ1) is 22.7. The minimum Gasteiger partial charge on any atom is -0.312 e. The minimum absolute atomic E-state index is 0.0366. The largest absolute Gasteiger partial charge is 0.446 e. The summed E-state index contributed by atoms with van der Waals surface area (Å²) in [7, 11) is 1.85. The molecule has 2 N–H and O–H groups in total. The number of nitrogens with one attached hydrogen (secondary N) is 2. The van der Waals surface area contributed by atoms with Gasteiger partial charge in [0.2, 0.25) is 0 Å². The van der Waals surface area contributed by atoms with Gasteiger partial charge in [0.05, 0.1) is 0 Å². The average molecular weight is 467 g/mol. The van der Waals surface area contributed by atoms with Crippen LogP contribution in [0.25, 0.3) is 0 Å². The van der Waals surface area contributed by atoms with Crippen molar-refractivity contribution in [3.8, 4) is 0 Å². The average Bonchev–Trinajstić information content (AvgIpc) is 3.14. The number of carbonyl (C=O) groups is 2. The van der Waals surface area contributed by atoms with E-state index in [1.807, 2.05) is 7.05 Å². The van der Waals surface area contributed by atoms with Crippen LogP contribution < -0.4 is 10.9 Å². The van der Waals surface area contributed by atoms with Crippen molar-refractivity contribution in [3.63, 3.8) is 0 Å². The minimum atomic E-state index is -4.40. The maximum absolute atomic E-state index is 12.3. The maximum atomic E-state index is 12.3. The molecule has 0 fully saturated rings. The Bertz CT molecular complexity index is 1050. The summed E-state index contributed by atoms with van der Waals surface area (Å²) in [6.45, 7) is 0. The molecule has 1 aromatic heterocycles. The summed E-state index contributed by atoms with van der Waals surface area (Å²) in [6.07, 6.45) is 1.61. The van der Waals surface area contributed by atoms with Gasteiger partial charge in [0.1, 0.15) is 6.33 Å². The predicted molar refractivity (Wildman–Crippen MR) is 110 cm³/mol. The zero-order valence-electron chi connectivity index (χ0n) is 16.0. The molecule has 0 aliphatic heterocycles. The van der Waals surface area contributed by atoms with E-state index in [-0.39, 0.29) is 22.2 Å². The molecule has 0 aliphatic rings. The summed E-state index contributed by atoms with van der Waals surface area (Å²) in [5.74, 6) is -0.521. The SMILES string of the molecule is Cn1cnnc1SCc1ccc(C(=O)NNC(=O)c2ccc(SC(F)(F)F)cc2)cc1. The van der Waals surface area contributed by atoms with Crippen LogP contribution in [0.5, 0.6) is 0 Å². The summed E-state index contributed by atoms with van der Waals surface area (Å²) in [5, 5.41) is 8.56. The lowest BCUT2D eigenvalue weighted by Gasteiger charge is -2.09. The van der Waals surface area contributed by atoms with Crippen molar-refractivity contribution in [1.82, 2.24) is 25.6 Å². The van der Waals surface area contributed by atoms with E-state index in [0.717, 1.165) is 10.7 Å². The van der Waals surface area contributed by atoms with Gasteiger partial charge in [-0.2, -0.15) is 13.2 Å². The molecule has 0 bridgehead atoms. The number of hydrogen-bond donors (Lipinski definition) is 2. The monoisotopic (exact) mass is 467 g/mol. The smallest absolute Gasteiger partial charge is 0.312 e. The van der Waals surface area contributed by atoms with Crippen molar-refractivity contribution in [1.29, 1.82) is 0 Å². The lowest BCUT2D eigenvalue weighted by atomic mass is 10.1. The molecule has 0 unspecified atom stereocenters. The van der Waals surface area contributed by atoms with Gasteiger partial charge in [-0.15, -0.1) is 10.2 Å². The Kier molecular flexibility index (Phi) is 7.23. The van der Waals surface area contributed by atoms with Crippen molar-refractivity contribution in [2.24, 2.45) is 7.05 Å². The number of benzene rings is 2. The van der Waals surface area contributed by atoms with Gasteiger partial charge in [0, 0.05) is 28.8 Å². The number of halogens is 3. The molecule has 0 atom stereocenters. The Morgan fingerprint density at radius 2 is 1.52 bits per heavy atom. The molecular formula is C19H16F3N5O2S2. The third kappa shape index (κ3) is 6.76. The molecule has 2 amide bonds. The Morgan fingerprint density at radius 3 is 2.00 bits per heavy atom. The molecule has 0 saturated heterocycles. The number of hydrogen-bond acceptors (Lipinski definition) is 6. The fourth-order valence-electron chi connectivity index (χ4n) is 2.37. The Morgan fingerprint density at radius 1 is 0.968 bits per heavy atom. The number of carbonyl (C=O) groups excluding carboxylic acids is 2. The van der Waals surface area contributed by atoms with E-state index in [9.17, 15) is 22.8 Å². The fourth-order valence-corrected chi connectivity index (χ4v) is 3.75. The standard InChI is InChI=1S/C19H16F3N5O2S2/c1-27-11-23-26-18(27)30-10-12-2-4-13(5-3-12)16(28)24-25-17(29)14-6-8-15(9-7-14)31-19(20,21)22/h2-9,11H,10H2,1H3,(H,24,28)(H,25,29). The van der Waals surface area contributed by atoms with Gasteiger partial charge in [0.15, 0.2) is 5.16 Å². The van der Waals surface area contributed by atoms with Gasteiger partial charge in [-0.25, -0.2) is 0 Å². The van der Waals surface area contributed by atoms with Crippen molar-refractivity contribution in [3.05, 3.63) is 71.5 Å². The van der Waals surface area contributed by atoms with Crippen molar-refractivity contribution in [2.75, 3.05) is 0 Å². The summed E-state index contributed by atoms with van der Waals surface area (Å²) >= 11 is 1.23. The van der Waals surface area contributed by atoms with Gasteiger partial charge < -0.3 is 4.57 Å².